The summed E-state index contributed by atoms with van der Waals surface area (Å²) in [6.07, 6.45) is -3.67. The Labute approximate surface area is 331 Å². The first-order chi connectivity index (χ1) is 27.2. The lowest BCUT2D eigenvalue weighted by Gasteiger charge is -2.39. The molecule has 57 heavy (non-hydrogen) atoms. The predicted molar refractivity (Wildman–Crippen MR) is 205 cm³/mol. The summed E-state index contributed by atoms with van der Waals surface area (Å²) in [5.74, 6) is 4.02. The van der Waals surface area contributed by atoms with Gasteiger partial charge in [-0.25, -0.2) is 4.79 Å². The number of aliphatic carboxylic acids is 1. The molecule has 0 radical (unpaired) electrons. The van der Waals surface area contributed by atoms with Gasteiger partial charge in [-0.15, -0.1) is 5.92 Å². The van der Waals surface area contributed by atoms with Gasteiger partial charge in [-0.2, -0.15) is 0 Å². The van der Waals surface area contributed by atoms with Crippen molar-refractivity contribution in [2.24, 2.45) is 11.1 Å². The average Bonchev–Trinajstić information content (AvgIpc) is 3.16. The van der Waals surface area contributed by atoms with Crippen molar-refractivity contribution in [2.75, 3.05) is 31.6 Å². The number of carbonyl (C=O) groups excluding carboxylic acids is 3. The lowest BCUT2D eigenvalue weighted by atomic mass is 9.84. The van der Waals surface area contributed by atoms with Crippen molar-refractivity contribution in [1.29, 1.82) is 0 Å². The van der Waals surface area contributed by atoms with Gasteiger partial charge >= 0.3 is 12.1 Å². The Kier molecular flexibility index (Phi) is 17.1. The van der Waals surface area contributed by atoms with Crippen LogP contribution >= 0.6 is 0 Å². The lowest BCUT2D eigenvalue weighted by Crippen LogP contribution is -2.60. The van der Waals surface area contributed by atoms with E-state index in [1.54, 1.807) is 38.1 Å². The number of aliphatic hydroxyl groups is 4. The number of hydrogen-bond acceptors (Lipinski definition) is 13. The second kappa shape index (κ2) is 21.6. The van der Waals surface area contributed by atoms with Crippen molar-refractivity contribution < 1.29 is 63.7 Å². The summed E-state index contributed by atoms with van der Waals surface area (Å²) in [7, 11) is 0. The highest BCUT2D eigenvalue weighted by Crippen LogP contribution is 2.28. The third-order valence-corrected chi connectivity index (χ3v) is 9.48. The van der Waals surface area contributed by atoms with Gasteiger partial charge in [-0.05, 0) is 81.3 Å². The molecule has 7 atom stereocenters. The van der Waals surface area contributed by atoms with Crippen molar-refractivity contribution in [3.63, 3.8) is 0 Å². The van der Waals surface area contributed by atoms with Crippen LogP contribution in [-0.4, -0.2) is 119 Å². The molecule has 2 unspecified atom stereocenters. The molecule has 17 nitrogen and oxygen atoms in total. The molecule has 1 fully saturated rings. The topological polar surface area (TPSA) is 268 Å². The lowest BCUT2D eigenvalue weighted by molar-refractivity contribution is -0.277. The van der Waals surface area contributed by atoms with Crippen LogP contribution in [-0.2, 0) is 36.8 Å². The Morgan fingerprint density at radius 2 is 1.68 bits per heavy atom. The van der Waals surface area contributed by atoms with E-state index in [1.165, 1.54) is 18.2 Å². The number of carbonyl (C=O) groups is 4. The van der Waals surface area contributed by atoms with Crippen molar-refractivity contribution in [3.05, 3.63) is 59.2 Å². The van der Waals surface area contributed by atoms with Crippen LogP contribution in [0.5, 0.6) is 5.75 Å². The second-order valence-electron chi connectivity index (χ2n) is 14.7. The van der Waals surface area contributed by atoms with E-state index in [1.807, 2.05) is 0 Å². The molecule has 312 valence electrons. The molecule has 2 aliphatic rings. The fraction of sp³-hybridized carbons (Fsp3) is 0.550. The van der Waals surface area contributed by atoms with E-state index in [4.69, 9.17) is 24.7 Å². The monoisotopic (exact) mass is 798 g/mol. The maximum absolute atomic E-state index is 13.5. The fourth-order valence-corrected chi connectivity index (χ4v) is 6.19. The minimum Gasteiger partial charge on any atom is -0.481 e. The van der Waals surface area contributed by atoms with Crippen LogP contribution in [0, 0.1) is 17.3 Å². The molecule has 4 rings (SSSR count). The fourth-order valence-electron chi connectivity index (χ4n) is 6.19. The summed E-state index contributed by atoms with van der Waals surface area (Å²) < 4.78 is 22.3. The molecule has 3 amide bonds. The highest BCUT2D eigenvalue weighted by molar-refractivity contribution is 5.97. The molecule has 2 aromatic rings. The average molecular weight is 799 g/mol. The Morgan fingerprint density at radius 3 is 2.40 bits per heavy atom. The van der Waals surface area contributed by atoms with Gasteiger partial charge in [0.2, 0.25) is 12.2 Å². The number of carboxylic acid groups (broad SMARTS) is 1. The number of benzene rings is 2. The van der Waals surface area contributed by atoms with E-state index in [0.29, 0.717) is 17.7 Å². The standard InChI is InChI=1S/C40H54N4O13/c1-40(2,38(51)52)20-26(41)18-24-10-13-27(14-11-24)44-39(53)55-22-25-12-15-30(56-37-35(49)34(48)33(47)31(21-45)57-37)29(19-25)36(50)43-17-16-42-32(46)23-54-28-8-6-4-3-5-7-9-28/h10-15,19,26,28,31,33-35,37,45,47-49H,3-6,8,16-18,20-23,41H2,1-2H3,(H,42,46)(H,43,50)(H,44,53)(H,51,52)/t26?,28?,31-,33-,34+,35-,37-/m1/s1. The Balaban J connectivity index is 1.35. The van der Waals surface area contributed by atoms with Crippen molar-refractivity contribution in [1.82, 2.24) is 10.6 Å². The Morgan fingerprint density at radius 1 is 0.965 bits per heavy atom. The van der Waals surface area contributed by atoms with Gasteiger partial charge in [0.1, 0.15) is 49.5 Å². The molecule has 1 heterocycles. The highest BCUT2D eigenvalue weighted by Gasteiger charge is 2.45. The zero-order valence-electron chi connectivity index (χ0n) is 32.1. The predicted octanol–water partition coefficient (Wildman–Crippen LogP) is 1.18. The highest BCUT2D eigenvalue weighted by atomic mass is 16.7. The van der Waals surface area contributed by atoms with E-state index in [-0.39, 0.29) is 62.1 Å². The van der Waals surface area contributed by atoms with Crippen LogP contribution in [0.15, 0.2) is 42.5 Å². The van der Waals surface area contributed by atoms with Gasteiger partial charge in [0.15, 0.2) is 0 Å². The quantitative estimate of drug-likeness (QED) is 0.0758. The minimum absolute atomic E-state index is 0.00146. The van der Waals surface area contributed by atoms with Gasteiger partial charge in [0, 0.05) is 31.2 Å². The number of rotatable bonds is 18. The summed E-state index contributed by atoms with van der Waals surface area (Å²) in [5.41, 5.74) is 6.79. The maximum atomic E-state index is 13.5. The molecule has 0 spiro atoms. The second-order valence-corrected chi connectivity index (χ2v) is 14.7. The molecule has 17 heteroatoms. The smallest absolute Gasteiger partial charge is 0.411 e. The first-order valence-corrected chi connectivity index (χ1v) is 18.9. The summed E-state index contributed by atoms with van der Waals surface area (Å²) in [6, 6.07) is 10.7. The first kappa shape index (κ1) is 44.9. The van der Waals surface area contributed by atoms with Crippen LogP contribution in [0.25, 0.3) is 0 Å². The summed E-state index contributed by atoms with van der Waals surface area (Å²) >= 11 is 0. The molecule has 0 aromatic heterocycles. The molecule has 10 N–H and O–H groups in total. The van der Waals surface area contributed by atoms with Crippen molar-refractivity contribution in [3.8, 4) is 17.6 Å². The van der Waals surface area contributed by atoms with Crippen LogP contribution in [0.2, 0.25) is 0 Å². The number of anilines is 1. The SMILES string of the molecule is CC(C)(CC(N)Cc1ccc(NC(=O)OCc2ccc(O[C@@H]3O[C@H](CO)[C@@H](O)[C@H](O)[C@H]3O)c(C(=O)NCCNC(=O)COC3C#CCCCCC3)c2)cc1)C(=O)O. The number of amides is 3. The zero-order valence-corrected chi connectivity index (χ0v) is 32.1. The van der Waals surface area contributed by atoms with Gasteiger partial charge < -0.3 is 60.8 Å². The largest absolute Gasteiger partial charge is 0.481 e. The van der Waals surface area contributed by atoms with Crippen molar-refractivity contribution >= 4 is 29.6 Å². The van der Waals surface area contributed by atoms with Gasteiger partial charge in [0.25, 0.3) is 5.91 Å². The molecular formula is C40H54N4O13. The van der Waals surface area contributed by atoms with Crippen LogP contribution < -0.4 is 26.4 Å². The molecular weight excluding hydrogens is 744 g/mol. The third kappa shape index (κ3) is 14.0. The molecule has 0 saturated carbocycles. The first-order valence-electron chi connectivity index (χ1n) is 18.9. The number of nitrogens with one attached hydrogen (secondary N) is 3. The van der Waals surface area contributed by atoms with Gasteiger partial charge in [-0.1, -0.05) is 30.5 Å². The molecule has 1 aliphatic carbocycles. The number of hydrogen-bond donors (Lipinski definition) is 9. The number of aliphatic hydroxyl groups excluding tert-OH is 4. The minimum atomic E-state index is -1.74. The van der Waals surface area contributed by atoms with E-state index < -0.39 is 60.7 Å². The summed E-state index contributed by atoms with van der Waals surface area (Å²) in [4.78, 5) is 50.0. The molecule has 1 aliphatic heterocycles. The third-order valence-electron chi connectivity index (χ3n) is 9.48. The van der Waals surface area contributed by atoms with Gasteiger partial charge in [0.05, 0.1) is 17.6 Å². The van der Waals surface area contributed by atoms with Crippen LogP contribution in [0.1, 0.15) is 73.9 Å². The normalized spacial score (nSPS) is 22.7. The van der Waals surface area contributed by atoms with E-state index in [2.05, 4.69) is 27.8 Å². The van der Waals surface area contributed by atoms with Crippen LogP contribution in [0.4, 0.5) is 10.5 Å². The molecule has 1 saturated heterocycles. The van der Waals surface area contributed by atoms with Crippen molar-refractivity contribution in [2.45, 2.75) is 108 Å². The van der Waals surface area contributed by atoms with E-state index in [9.17, 15) is 44.7 Å². The Bertz CT molecular complexity index is 1730. The van der Waals surface area contributed by atoms with Crippen LogP contribution in [0.3, 0.4) is 0 Å². The van der Waals surface area contributed by atoms with Gasteiger partial charge in [-0.3, -0.25) is 19.7 Å². The Hall–Kier alpha value is -4.80. The molecule has 0 bridgehead atoms. The molecule has 2 aromatic carbocycles. The summed E-state index contributed by atoms with van der Waals surface area (Å²) in [5, 5.41) is 57.9. The zero-order chi connectivity index (χ0) is 41.5. The number of ether oxygens (including phenoxy) is 4. The number of nitrogens with two attached hydrogens (primary N) is 1. The maximum Gasteiger partial charge on any atom is 0.411 e. The summed E-state index contributed by atoms with van der Waals surface area (Å²) in [6.45, 7) is 2.15. The van der Waals surface area contributed by atoms with E-state index >= 15 is 0 Å². The number of carboxylic acids is 1. The van der Waals surface area contributed by atoms with E-state index in [0.717, 1.165) is 37.7 Å².